The maximum absolute atomic E-state index is 13.3. The molecule has 162 valence electrons. The van der Waals surface area contributed by atoms with Gasteiger partial charge in [-0.1, -0.05) is 72.9 Å². The lowest BCUT2D eigenvalue weighted by atomic mass is 10.0. The van der Waals surface area contributed by atoms with Gasteiger partial charge in [-0.05, 0) is 49.9 Å². The van der Waals surface area contributed by atoms with Crippen molar-refractivity contribution in [1.29, 1.82) is 0 Å². The van der Waals surface area contributed by atoms with E-state index in [1.807, 2.05) is 52.0 Å². The Balaban J connectivity index is 2.34. The third kappa shape index (κ3) is 6.75. The zero-order chi connectivity index (χ0) is 22.3. The highest BCUT2D eigenvalue weighted by atomic mass is 35.5. The summed E-state index contributed by atoms with van der Waals surface area (Å²) in [6.45, 7) is 8.12. The molecule has 0 fully saturated rings. The molecule has 0 radical (unpaired) electrons. The van der Waals surface area contributed by atoms with Crippen LogP contribution in [0.5, 0.6) is 0 Å². The highest BCUT2D eigenvalue weighted by molar-refractivity contribution is 6.35. The third-order valence-corrected chi connectivity index (χ3v) is 5.77. The second kappa shape index (κ2) is 11.4. The van der Waals surface area contributed by atoms with Crippen molar-refractivity contribution in [1.82, 2.24) is 10.2 Å². The van der Waals surface area contributed by atoms with E-state index in [-0.39, 0.29) is 30.8 Å². The molecule has 2 rings (SSSR count). The van der Waals surface area contributed by atoms with Crippen LogP contribution < -0.4 is 5.32 Å². The van der Waals surface area contributed by atoms with Crippen LogP contribution >= 0.6 is 23.2 Å². The van der Waals surface area contributed by atoms with Gasteiger partial charge in [0.25, 0.3) is 0 Å². The fourth-order valence-electron chi connectivity index (χ4n) is 3.29. The van der Waals surface area contributed by atoms with Gasteiger partial charge in [0.15, 0.2) is 0 Å². The summed E-state index contributed by atoms with van der Waals surface area (Å²) < 4.78 is 0. The molecule has 0 aliphatic rings. The summed E-state index contributed by atoms with van der Waals surface area (Å²) in [6.07, 6.45) is 1.55. The summed E-state index contributed by atoms with van der Waals surface area (Å²) in [5, 5.41) is 4.02. The first-order chi connectivity index (χ1) is 14.2. The standard InChI is InChI=1S/C24H30Cl2N2O2/c1-5-17(4)27-24(30)22(6-2)28(15-19-10-11-20(25)14-21(19)26)23(29)13-18-9-7-8-16(3)12-18/h7-12,14,17,22H,5-6,13,15H2,1-4H3,(H,27,30)/t17-,22+/m0/s1. The molecule has 0 bridgehead atoms. The summed E-state index contributed by atoms with van der Waals surface area (Å²) in [4.78, 5) is 27.9. The second-order valence-electron chi connectivity index (χ2n) is 7.67. The smallest absolute Gasteiger partial charge is 0.243 e. The largest absolute Gasteiger partial charge is 0.352 e. The van der Waals surface area contributed by atoms with Crippen LogP contribution in [0, 0.1) is 6.92 Å². The number of benzene rings is 2. The van der Waals surface area contributed by atoms with Gasteiger partial charge in [0.05, 0.1) is 6.42 Å². The first-order valence-electron chi connectivity index (χ1n) is 10.3. The van der Waals surface area contributed by atoms with E-state index in [2.05, 4.69) is 5.32 Å². The van der Waals surface area contributed by atoms with Crippen LogP contribution in [0.1, 0.15) is 50.3 Å². The first-order valence-corrected chi connectivity index (χ1v) is 11.1. The Bertz CT molecular complexity index is 885. The number of hydrogen-bond donors (Lipinski definition) is 1. The van der Waals surface area contributed by atoms with Crippen LogP contribution in [-0.4, -0.2) is 28.8 Å². The molecule has 6 heteroatoms. The fraction of sp³-hybridized carbons (Fsp3) is 0.417. The van der Waals surface area contributed by atoms with Crippen LogP contribution in [-0.2, 0) is 22.6 Å². The summed E-state index contributed by atoms with van der Waals surface area (Å²) in [7, 11) is 0. The normalized spacial score (nSPS) is 12.9. The molecule has 0 aliphatic heterocycles. The van der Waals surface area contributed by atoms with Gasteiger partial charge in [-0.15, -0.1) is 0 Å². The molecule has 0 saturated heterocycles. The molecular formula is C24H30Cl2N2O2. The number of amides is 2. The second-order valence-corrected chi connectivity index (χ2v) is 8.51. The van der Waals surface area contributed by atoms with Crippen molar-refractivity contribution in [3.63, 3.8) is 0 Å². The lowest BCUT2D eigenvalue weighted by Crippen LogP contribution is -2.51. The number of carbonyl (C=O) groups is 2. The van der Waals surface area contributed by atoms with Gasteiger partial charge in [0.1, 0.15) is 6.04 Å². The summed E-state index contributed by atoms with van der Waals surface area (Å²) >= 11 is 12.4. The third-order valence-electron chi connectivity index (χ3n) is 5.18. The van der Waals surface area contributed by atoms with Crippen molar-refractivity contribution >= 4 is 35.0 Å². The molecule has 0 heterocycles. The number of rotatable bonds is 9. The van der Waals surface area contributed by atoms with Gasteiger partial charge in [-0.2, -0.15) is 0 Å². The highest BCUT2D eigenvalue weighted by Gasteiger charge is 2.29. The number of nitrogens with one attached hydrogen (secondary N) is 1. The molecule has 2 aromatic carbocycles. The Hall–Kier alpha value is -2.04. The molecule has 2 aromatic rings. The van der Waals surface area contributed by atoms with Crippen LogP contribution in [0.15, 0.2) is 42.5 Å². The molecular weight excluding hydrogens is 419 g/mol. The van der Waals surface area contributed by atoms with Crippen molar-refractivity contribution in [2.24, 2.45) is 0 Å². The monoisotopic (exact) mass is 448 g/mol. The van der Waals surface area contributed by atoms with Gasteiger partial charge in [-0.25, -0.2) is 0 Å². The van der Waals surface area contributed by atoms with Gasteiger partial charge < -0.3 is 10.2 Å². The summed E-state index contributed by atoms with van der Waals surface area (Å²) in [6, 6.07) is 12.5. The fourth-order valence-corrected chi connectivity index (χ4v) is 3.76. The molecule has 1 N–H and O–H groups in total. The Morgan fingerprint density at radius 1 is 1.07 bits per heavy atom. The maximum atomic E-state index is 13.3. The zero-order valence-electron chi connectivity index (χ0n) is 18.0. The van der Waals surface area contributed by atoms with Gasteiger partial charge in [0, 0.05) is 22.6 Å². The minimum Gasteiger partial charge on any atom is -0.352 e. The average Bonchev–Trinajstić information content (AvgIpc) is 2.69. The van der Waals surface area contributed by atoms with Crippen molar-refractivity contribution in [2.75, 3.05) is 0 Å². The lowest BCUT2D eigenvalue weighted by molar-refractivity contribution is -0.141. The Morgan fingerprint density at radius 2 is 1.80 bits per heavy atom. The molecule has 0 aliphatic carbocycles. The van der Waals surface area contributed by atoms with Crippen molar-refractivity contribution in [3.05, 3.63) is 69.2 Å². The Labute approximate surface area is 189 Å². The molecule has 2 amide bonds. The predicted octanol–water partition coefficient (Wildman–Crippen LogP) is 5.57. The predicted molar refractivity (Wildman–Crippen MR) is 124 cm³/mol. The number of hydrogen-bond acceptors (Lipinski definition) is 2. The molecule has 0 aromatic heterocycles. The number of nitrogens with zero attached hydrogens (tertiary/aromatic N) is 1. The lowest BCUT2D eigenvalue weighted by Gasteiger charge is -2.32. The quantitative estimate of drug-likeness (QED) is 0.545. The topological polar surface area (TPSA) is 49.4 Å². The molecule has 0 unspecified atom stereocenters. The van der Waals surface area contributed by atoms with E-state index in [4.69, 9.17) is 23.2 Å². The van der Waals surface area contributed by atoms with Gasteiger partial charge in [0.2, 0.25) is 11.8 Å². The van der Waals surface area contributed by atoms with Gasteiger partial charge >= 0.3 is 0 Å². The molecule has 4 nitrogen and oxygen atoms in total. The van der Waals surface area contributed by atoms with Crippen LogP contribution in [0.2, 0.25) is 10.0 Å². The molecule has 0 spiro atoms. The number of halogens is 2. The summed E-state index contributed by atoms with van der Waals surface area (Å²) in [5.41, 5.74) is 2.77. The zero-order valence-corrected chi connectivity index (χ0v) is 19.6. The van der Waals surface area contributed by atoms with E-state index >= 15 is 0 Å². The minimum absolute atomic E-state index is 0.0411. The van der Waals surface area contributed by atoms with E-state index in [9.17, 15) is 9.59 Å². The van der Waals surface area contributed by atoms with E-state index in [0.717, 1.165) is 23.1 Å². The van der Waals surface area contributed by atoms with E-state index in [1.165, 1.54) is 0 Å². The van der Waals surface area contributed by atoms with Crippen molar-refractivity contribution in [3.8, 4) is 0 Å². The Kier molecular flexibility index (Phi) is 9.19. The highest BCUT2D eigenvalue weighted by Crippen LogP contribution is 2.24. The Morgan fingerprint density at radius 3 is 2.40 bits per heavy atom. The van der Waals surface area contributed by atoms with Crippen LogP contribution in [0.3, 0.4) is 0 Å². The molecule has 30 heavy (non-hydrogen) atoms. The maximum Gasteiger partial charge on any atom is 0.243 e. The first kappa shape index (κ1) is 24.2. The van der Waals surface area contributed by atoms with Crippen LogP contribution in [0.4, 0.5) is 0 Å². The number of aryl methyl sites for hydroxylation is 1. The van der Waals surface area contributed by atoms with E-state index in [1.54, 1.807) is 23.1 Å². The molecule has 0 saturated carbocycles. The van der Waals surface area contributed by atoms with Crippen LogP contribution in [0.25, 0.3) is 0 Å². The van der Waals surface area contributed by atoms with Gasteiger partial charge in [-0.3, -0.25) is 9.59 Å². The SMILES string of the molecule is CC[C@H](C(=O)N[C@@H](C)CC)N(Cc1ccc(Cl)cc1Cl)C(=O)Cc1cccc(C)c1. The molecule has 2 atom stereocenters. The average molecular weight is 449 g/mol. The number of carbonyl (C=O) groups excluding carboxylic acids is 2. The van der Waals surface area contributed by atoms with E-state index < -0.39 is 6.04 Å². The summed E-state index contributed by atoms with van der Waals surface area (Å²) in [5.74, 6) is -0.257. The van der Waals surface area contributed by atoms with Crippen molar-refractivity contribution in [2.45, 2.75) is 65.6 Å². The minimum atomic E-state index is -0.581. The van der Waals surface area contributed by atoms with E-state index in [0.29, 0.717) is 16.5 Å². The van der Waals surface area contributed by atoms with Crippen molar-refractivity contribution < 1.29 is 9.59 Å².